The number of piperidine rings is 1. The third-order valence-electron chi connectivity index (χ3n) is 10.3. The lowest BCUT2D eigenvalue weighted by Crippen LogP contribution is -2.80. The molecule has 0 aromatic heterocycles. The molecule has 1 spiro atoms. The van der Waals surface area contributed by atoms with Gasteiger partial charge in [0.15, 0.2) is 23.4 Å². The van der Waals surface area contributed by atoms with Gasteiger partial charge in [-0.25, -0.2) is 4.79 Å². The van der Waals surface area contributed by atoms with Crippen LogP contribution >= 0.6 is 0 Å². The maximum absolute atomic E-state index is 13.3. The van der Waals surface area contributed by atoms with Crippen molar-refractivity contribution in [2.75, 3.05) is 46.8 Å². The second-order valence-corrected chi connectivity index (χ2v) is 13.0. The number of carbonyl (C=O) groups excluding carboxylic acids is 4. The maximum Gasteiger partial charge on any atom is 0.415 e. The predicted molar refractivity (Wildman–Crippen MR) is 162 cm³/mol. The summed E-state index contributed by atoms with van der Waals surface area (Å²) in [7, 11) is 3.71. The van der Waals surface area contributed by atoms with Gasteiger partial charge in [0.05, 0.1) is 25.6 Å². The number of likely N-dealkylation sites (tertiary alicyclic amines) is 1. The Bertz CT molecular complexity index is 1350. The van der Waals surface area contributed by atoms with E-state index >= 15 is 0 Å². The number of amides is 3. The van der Waals surface area contributed by atoms with Gasteiger partial charge in [-0.15, -0.1) is 0 Å². The van der Waals surface area contributed by atoms with E-state index in [1.165, 1.54) is 11.8 Å². The number of unbranched alkanes of at least 4 members (excludes halogenated alkanes) is 1. The van der Waals surface area contributed by atoms with Crippen molar-refractivity contribution in [1.82, 2.24) is 15.5 Å². The second-order valence-electron chi connectivity index (χ2n) is 13.0. The quantitative estimate of drug-likeness (QED) is 0.154. The minimum Gasteiger partial charge on any atom is -0.477 e. The fourth-order valence-electron chi connectivity index (χ4n) is 8.15. The number of nitrogens with one attached hydrogen (secondary N) is 2. The molecule has 1 unspecified atom stereocenters. The molecule has 2 aliphatic carbocycles. The Morgan fingerprint density at radius 1 is 1.32 bits per heavy atom. The van der Waals surface area contributed by atoms with E-state index < -0.39 is 29.3 Å². The molecule has 5 rings (SSSR count). The molecule has 2 heterocycles. The third kappa shape index (κ3) is 5.16. The Balaban J connectivity index is 1.30. The van der Waals surface area contributed by atoms with E-state index in [9.17, 15) is 24.3 Å². The van der Waals surface area contributed by atoms with Crippen molar-refractivity contribution in [3.63, 3.8) is 0 Å². The Morgan fingerprint density at radius 2 is 2.09 bits per heavy atom. The number of carbonyl (C=O) groups is 4. The Hall–Kier alpha value is -3.48. The van der Waals surface area contributed by atoms with Crippen LogP contribution in [0.15, 0.2) is 24.8 Å². The summed E-state index contributed by atoms with van der Waals surface area (Å²) >= 11 is 0. The first-order chi connectivity index (χ1) is 20.9. The zero-order valence-electron chi connectivity index (χ0n) is 26.0. The first-order valence-electron chi connectivity index (χ1n) is 15.6. The molecule has 12 heteroatoms. The zero-order valence-corrected chi connectivity index (χ0v) is 26.0. The Kier molecular flexibility index (Phi) is 8.80. The smallest absolute Gasteiger partial charge is 0.415 e. The largest absolute Gasteiger partial charge is 0.477 e. The van der Waals surface area contributed by atoms with Crippen LogP contribution in [-0.4, -0.2) is 109 Å². The highest BCUT2D eigenvalue weighted by Crippen LogP contribution is 2.65. The van der Waals surface area contributed by atoms with Gasteiger partial charge in [0.25, 0.3) is 0 Å². The second kappa shape index (κ2) is 12.1. The van der Waals surface area contributed by atoms with Gasteiger partial charge in [-0.3, -0.25) is 14.4 Å². The van der Waals surface area contributed by atoms with Crippen molar-refractivity contribution < 1.29 is 38.2 Å². The summed E-state index contributed by atoms with van der Waals surface area (Å²) in [5.41, 5.74) is 5.33. The SMILES string of the molecule is C=CC[N+]1(C)CC[C@]23c4c5ccc(OC(=O)N(C)CCNC(=O)[C@H](CCCCN)NC(C)=O)c4O[C@H]2C(=O)CC[C@@]3(O)[C@H]1C5. The standard InChI is InChI=1S/C32H45N5O7/c1-5-17-37(4)18-13-31-26-21-9-10-24(27(26)44-28(31)23(39)11-12-32(31,42)25(37)19-21)43-30(41)36(3)16-15-34-29(40)22(35-20(2)38)8-6-7-14-33/h5,9-10,22,25,28,42H,1,6-8,11-19,33H2,2-4H3,(H-,34,35,38,40)/p+1/t22-,25+,28-,31-,32+,37?/m0/s1. The number of rotatable bonds is 12. The molecule has 1 aromatic carbocycles. The number of ether oxygens (including phenoxy) is 2. The average molecular weight is 613 g/mol. The van der Waals surface area contributed by atoms with E-state index in [1.54, 1.807) is 13.1 Å². The lowest BCUT2D eigenvalue weighted by atomic mass is 9.48. The van der Waals surface area contributed by atoms with Crippen LogP contribution in [0.1, 0.15) is 56.6 Å². The summed E-state index contributed by atoms with van der Waals surface area (Å²) in [4.78, 5) is 52.0. The molecule has 4 aliphatic rings. The van der Waals surface area contributed by atoms with Crippen molar-refractivity contribution in [1.29, 1.82) is 0 Å². The number of benzene rings is 1. The van der Waals surface area contributed by atoms with Gasteiger partial charge in [-0.05, 0) is 49.9 Å². The van der Waals surface area contributed by atoms with E-state index in [2.05, 4.69) is 24.3 Å². The number of hydrogen-bond acceptors (Lipinski definition) is 8. The van der Waals surface area contributed by atoms with E-state index in [-0.39, 0.29) is 48.9 Å². The molecule has 12 nitrogen and oxygen atoms in total. The summed E-state index contributed by atoms with van der Waals surface area (Å²) in [5, 5.41) is 17.9. The van der Waals surface area contributed by atoms with Gasteiger partial charge in [-0.2, -0.15) is 0 Å². The number of nitrogens with two attached hydrogens (primary N) is 1. The molecule has 2 bridgehead atoms. The van der Waals surface area contributed by atoms with Crippen molar-refractivity contribution >= 4 is 23.7 Å². The molecule has 0 radical (unpaired) electrons. The number of quaternary nitrogens is 1. The highest BCUT2D eigenvalue weighted by atomic mass is 16.6. The van der Waals surface area contributed by atoms with Crippen LogP contribution in [0.3, 0.4) is 0 Å². The van der Waals surface area contributed by atoms with Gasteiger partial charge in [0, 0.05) is 51.9 Å². The van der Waals surface area contributed by atoms with Gasteiger partial charge in [-0.1, -0.05) is 12.6 Å². The third-order valence-corrected chi connectivity index (χ3v) is 10.3. The van der Waals surface area contributed by atoms with Crippen LogP contribution in [0.4, 0.5) is 4.79 Å². The van der Waals surface area contributed by atoms with Crippen LogP contribution in [-0.2, 0) is 26.2 Å². The van der Waals surface area contributed by atoms with Crippen molar-refractivity contribution in [3.8, 4) is 11.5 Å². The first-order valence-corrected chi connectivity index (χ1v) is 15.6. The van der Waals surface area contributed by atoms with Gasteiger partial charge in [0.1, 0.15) is 17.7 Å². The molecular weight excluding hydrogens is 566 g/mol. The van der Waals surface area contributed by atoms with Crippen LogP contribution in [0.2, 0.25) is 0 Å². The van der Waals surface area contributed by atoms with Crippen LogP contribution < -0.4 is 25.8 Å². The summed E-state index contributed by atoms with van der Waals surface area (Å²) in [6.45, 7) is 7.62. The van der Waals surface area contributed by atoms with E-state index in [0.717, 1.165) is 30.6 Å². The highest BCUT2D eigenvalue weighted by Gasteiger charge is 2.76. The predicted octanol–water partition coefficient (Wildman–Crippen LogP) is 0.921. The van der Waals surface area contributed by atoms with Gasteiger partial charge < -0.3 is 40.3 Å². The minimum atomic E-state index is -1.14. The van der Waals surface area contributed by atoms with E-state index in [4.69, 9.17) is 15.2 Å². The number of hydrogen-bond donors (Lipinski definition) is 4. The summed E-state index contributed by atoms with van der Waals surface area (Å²) in [5.74, 6) is -0.0928. The van der Waals surface area contributed by atoms with Crippen molar-refractivity contribution in [2.24, 2.45) is 5.73 Å². The molecule has 2 aliphatic heterocycles. The first kappa shape index (κ1) is 31.9. The minimum absolute atomic E-state index is 0.0389. The molecule has 1 aromatic rings. The lowest BCUT2D eigenvalue weighted by molar-refractivity contribution is -0.944. The summed E-state index contributed by atoms with van der Waals surface area (Å²) in [6, 6.07) is 2.84. The van der Waals surface area contributed by atoms with Crippen LogP contribution in [0.5, 0.6) is 11.5 Å². The van der Waals surface area contributed by atoms with E-state index in [1.807, 2.05) is 12.1 Å². The lowest BCUT2D eigenvalue weighted by Gasteiger charge is -2.64. The van der Waals surface area contributed by atoms with Crippen molar-refractivity contribution in [2.45, 2.75) is 81.1 Å². The number of ketones is 1. The average Bonchev–Trinajstić information content (AvgIpc) is 3.34. The van der Waals surface area contributed by atoms with Gasteiger partial charge in [0.2, 0.25) is 11.8 Å². The van der Waals surface area contributed by atoms with Crippen LogP contribution in [0, 0.1) is 0 Å². The highest BCUT2D eigenvalue weighted by molar-refractivity contribution is 5.90. The summed E-state index contributed by atoms with van der Waals surface area (Å²) < 4.78 is 12.8. The van der Waals surface area contributed by atoms with Crippen molar-refractivity contribution in [3.05, 3.63) is 35.9 Å². The fraction of sp³-hybridized carbons (Fsp3) is 0.625. The molecular formula is C32H46N5O7+. The topological polar surface area (TPSA) is 160 Å². The molecule has 6 atom stereocenters. The molecule has 1 saturated carbocycles. The molecule has 5 N–H and O–H groups in total. The molecule has 240 valence electrons. The maximum atomic E-state index is 13.3. The normalized spacial score (nSPS) is 30.0. The molecule has 2 fully saturated rings. The number of Topliss-reactive ketones (excluding diaryl/α,β-unsaturated/α-hetero) is 1. The zero-order chi connectivity index (χ0) is 31.9. The molecule has 44 heavy (non-hydrogen) atoms. The number of likely N-dealkylation sites (N-methyl/N-ethyl adjacent to an activating group) is 2. The Morgan fingerprint density at radius 3 is 2.80 bits per heavy atom. The number of aliphatic hydroxyl groups is 1. The monoisotopic (exact) mass is 612 g/mol. The summed E-state index contributed by atoms with van der Waals surface area (Å²) in [6.07, 6.45) is 4.12. The Labute approximate surface area is 258 Å². The van der Waals surface area contributed by atoms with Gasteiger partial charge >= 0.3 is 6.09 Å². The van der Waals surface area contributed by atoms with Crippen LogP contribution in [0.25, 0.3) is 0 Å². The molecule has 3 amide bonds. The number of nitrogens with zero attached hydrogens (tertiary/aromatic N) is 2. The molecule has 1 saturated heterocycles. The fourth-order valence-corrected chi connectivity index (χ4v) is 8.15. The van der Waals surface area contributed by atoms with E-state index in [0.29, 0.717) is 48.9 Å².